The van der Waals surface area contributed by atoms with E-state index in [1.165, 1.54) is 12.0 Å². The Morgan fingerprint density at radius 2 is 1.79 bits per heavy atom. The van der Waals surface area contributed by atoms with E-state index in [4.69, 9.17) is 19.0 Å². The van der Waals surface area contributed by atoms with E-state index in [-0.39, 0.29) is 0 Å². The molecule has 2 bridgehead atoms. The molecule has 4 aliphatic rings. The van der Waals surface area contributed by atoms with Crippen molar-refractivity contribution in [1.29, 1.82) is 5.26 Å². The zero-order valence-electron chi connectivity index (χ0n) is 24.6. The van der Waals surface area contributed by atoms with Crippen molar-refractivity contribution >= 4 is 23.9 Å². The monoisotopic (exact) mass is 563 g/mol. The van der Waals surface area contributed by atoms with Crippen molar-refractivity contribution in [2.45, 2.75) is 63.9 Å². The normalized spacial score (nSPS) is 22.7. The Morgan fingerprint density at radius 1 is 1.02 bits per heavy atom. The molecule has 42 heavy (non-hydrogen) atoms. The summed E-state index contributed by atoms with van der Waals surface area (Å²) >= 11 is 0. The Kier molecular flexibility index (Phi) is 6.27. The van der Waals surface area contributed by atoms with Crippen LogP contribution >= 0.6 is 0 Å². The van der Waals surface area contributed by atoms with E-state index in [9.17, 15) is 5.26 Å². The van der Waals surface area contributed by atoms with Gasteiger partial charge in [-0.1, -0.05) is 12.1 Å². The Bertz CT molecular complexity index is 1650. The Labute approximate surface area is 246 Å². The number of hydrogen-bond donors (Lipinski definition) is 0. The van der Waals surface area contributed by atoms with Crippen LogP contribution in [0.15, 0.2) is 55.1 Å². The predicted molar refractivity (Wildman–Crippen MR) is 160 cm³/mol. The van der Waals surface area contributed by atoms with Gasteiger partial charge in [0.05, 0.1) is 35.6 Å². The second-order valence-corrected chi connectivity index (χ2v) is 12.5. The van der Waals surface area contributed by atoms with Crippen LogP contribution in [0.3, 0.4) is 0 Å². The first kappa shape index (κ1) is 26.9. The Morgan fingerprint density at radius 3 is 2.40 bits per heavy atom. The minimum atomic E-state index is -0.545. The number of nitriles is 1. The average molecular weight is 563 g/mol. The first-order chi connectivity index (χ1) is 20.2. The number of fused-ring (bicyclic) bond motifs is 3. The lowest BCUT2D eigenvalue weighted by Gasteiger charge is -2.56. The molecule has 2 unspecified atom stereocenters. The van der Waals surface area contributed by atoms with Crippen molar-refractivity contribution in [3.8, 4) is 23.1 Å². The first-order valence-corrected chi connectivity index (χ1v) is 14.4. The minimum absolute atomic E-state index is 0.464. The highest BCUT2D eigenvalue weighted by Gasteiger charge is 2.52. The van der Waals surface area contributed by atoms with Gasteiger partial charge in [0.15, 0.2) is 0 Å². The summed E-state index contributed by atoms with van der Waals surface area (Å²) in [6.07, 6.45) is 8.50. The molecule has 0 aliphatic carbocycles. The van der Waals surface area contributed by atoms with Crippen LogP contribution < -0.4 is 15.1 Å². The zero-order chi connectivity index (χ0) is 29.2. The van der Waals surface area contributed by atoms with Gasteiger partial charge in [-0.3, -0.25) is 4.90 Å². The fourth-order valence-corrected chi connectivity index (χ4v) is 6.25. The predicted octanol–water partition coefficient (Wildman–Crippen LogP) is 3.43. The average Bonchev–Trinajstić information content (AvgIpc) is 3.51. The van der Waals surface area contributed by atoms with Gasteiger partial charge >= 0.3 is 7.12 Å². The molecular formula is C31H34BN7O3. The van der Waals surface area contributed by atoms with E-state index in [2.05, 4.69) is 44.2 Å². The maximum atomic E-state index is 9.81. The summed E-state index contributed by atoms with van der Waals surface area (Å²) in [6.45, 7) is 10.9. The number of nitrogens with zero attached hydrogens (tertiary/aromatic N) is 7. The van der Waals surface area contributed by atoms with Crippen molar-refractivity contribution < 1.29 is 14.0 Å². The van der Waals surface area contributed by atoms with Crippen molar-refractivity contribution in [3.63, 3.8) is 0 Å². The molecule has 11 heteroatoms. The first-order valence-electron chi connectivity index (χ1n) is 14.4. The number of ether oxygens (including phenoxy) is 1. The number of piperazine rings is 1. The van der Waals surface area contributed by atoms with E-state index >= 15 is 0 Å². The summed E-state index contributed by atoms with van der Waals surface area (Å²) in [4.78, 5) is 14.2. The third-order valence-corrected chi connectivity index (χ3v) is 9.38. The van der Waals surface area contributed by atoms with Crippen LogP contribution in [-0.2, 0) is 15.9 Å². The largest absolute Gasteiger partial charge is 0.496 e. The van der Waals surface area contributed by atoms with Crippen molar-refractivity contribution in [1.82, 2.24) is 24.5 Å². The number of piperidine rings is 1. The van der Waals surface area contributed by atoms with E-state index < -0.39 is 18.3 Å². The van der Waals surface area contributed by atoms with Crippen LogP contribution in [0.25, 0.3) is 16.6 Å². The molecule has 0 aromatic carbocycles. The number of methoxy groups -OCH3 is 1. The van der Waals surface area contributed by atoms with Crippen LogP contribution in [0, 0.1) is 11.3 Å². The summed E-state index contributed by atoms with van der Waals surface area (Å²) in [7, 11) is 1.09. The van der Waals surface area contributed by atoms with E-state index in [0.29, 0.717) is 23.5 Å². The van der Waals surface area contributed by atoms with Gasteiger partial charge in [-0.15, -0.1) is 0 Å². The SMILES string of the molecule is COc1ccc(CN2C3CC2CN(c2ccc(-c4cc(B5OC(C)(C)C(C)(C)O5)cn5ncc(C#N)c45)cn2)C3)cn1. The van der Waals surface area contributed by atoms with Crippen LogP contribution in [0.1, 0.15) is 45.2 Å². The summed E-state index contributed by atoms with van der Waals surface area (Å²) < 4.78 is 19.6. The molecule has 2 atom stereocenters. The molecule has 0 amide bonds. The molecule has 0 radical (unpaired) electrons. The molecule has 4 aromatic rings. The molecule has 0 N–H and O–H groups in total. The van der Waals surface area contributed by atoms with E-state index in [0.717, 1.165) is 47.6 Å². The standard InChI is InChI=1S/C31H34BN7O3/c1-30(2)31(3,4)42-32(41-30)23-10-26(29-22(12-33)15-36-39(29)17-23)21-7-8-27(34-14-21)37-18-24-11-25(19-37)38(24)16-20-6-9-28(40-5)35-13-20/h6-10,13-15,17,24-25H,11,16,18-19H2,1-5H3. The number of anilines is 1. The minimum Gasteiger partial charge on any atom is -0.481 e. The van der Waals surface area contributed by atoms with Crippen LogP contribution in [0.5, 0.6) is 5.88 Å². The molecule has 214 valence electrons. The topological polar surface area (TPSA) is 101 Å². The fraction of sp³-hybridized carbons (Fsp3) is 0.419. The molecule has 0 spiro atoms. The van der Waals surface area contributed by atoms with Gasteiger partial charge < -0.3 is 18.9 Å². The molecule has 4 aliphatic heterocycles. The Balaban J connectivity index is 1.12. The van der Waals surface area contributed by atoms with Crippen molar-refractivity contribution in [3.05, 3.63) is 66.2 Å². The number of aromatic nitrogens is 4. The van der Waals surface area contributed by atoms with E-state index in [1.807, 2.05) is 58.4 Å². The molecule has 4 saturated heterocycles. The van der Waals surface area contributed by atoms with Gasteiger partial charge in [0.25, 0.3) is 0 Å². The summed E-state index contributed by atoms with van der Waals surface area (Å²) in [6, 6.07) is 13.5. The van der Waals surface area contributed by atoms with Gasteiger partial charge in [0.2, 0.25) is 5.88 Å². The third-order valence-electron chi connectivity index (χ3n) is 9.38. The number of hydrogen-bond acceptors (Lipinski definition) is 9. The fourth-order valence-electron chi connectivity index (χ4n) is 6.25. The zero-order valence-corrected chi connectivity index (χ0v) is 24.6. The van der Waals surface area contributed by atoms with Gasteiger partial charge in [-0.25, -0.2) is 14.5 Å². The van der Waals surface area contributed by atoms with Gasteiger partial charge in [0.1, 0.15) is 11.9 Å². The molecular weight excluding hydrogens is 529 g/mol. The van der Waals surface area contributed by atoms with Crippen molar-refractivity contribution in [2.75, 3.05) is 25.1 Å². The quantitative estimate of drug-likeness (QED) is 0.327. The lowest BCUT2D eigenvalue weighted by atomic mass is 9.79. The van der Waals surface area contributed by atoms with Gasteiger partial charge in [0, 0.05) is 73.0 Å². The van der Waals surface area contributed by atoms with E-state index in [1.54, 1.807) is 17.8 Å². The molecule has 4 aromatic heterocycles. The third kappa shape index (κ3) is 4.42. The summed E-state index contributed by atoms with van der Waals surface area (Å²) in [5.74, 6) is 1.60. The summed E-state index contributed by atoms with van der Waals surface area (Å²) in [5, 5.41) is 14.3. The van der Waals surface area contributed by atoms with Crippen molar-refractivity contribution in [2.24, 2.45) is 0 Å². The van der Waals surface area contributed by atoms with Gasteiger partial charge in [-0.05, 0) is 51.8 Å². The lowest BCUT2D eigenvalue weighted by molar-refractivity contribution is -0.00876. The van der Waals surface area contributed by atoms with Crippen LogP contribution in [-0.4, -0.2) is 75.1 Å². The molecule has 0 saturated carbocycles. The maximum absolute atomic E-state index is 9.81. The van der Waals surface area contributed by atoms with Crippen LogP contribution in [0.4, 0.5) is 5.82 Å². The van der Waals surface area contributed by atoms with Crippen LogP contribution in [0.2, 0.25) is 0 Å². The summed E-state index contributed by atoms with van der Waals surface area (Å²) in [5.41, 5.74) is 4.16. The number of pyridine rings is 3. The number of rotatable bonds is 6. The molecule has 8 rings (SSSR count). The molecule has 4 fully saturated rings. The Hall–Kier alpha value is -3.98. The highest BCUT2D eigenvalue weighted by molar-refractivity contribution is 6.62. The maximum Gasteiger partial charge on any atom is 0.496 e. The highest BCUT2D eigenvalue weighted by Crippen LogP contribution is 2.38. The second-order valence-electron chi connectivity index (χ2n) is 12.5. The van der Waals surface area contributed by atoms with Gasteiger partial charge in [-0.2, -0.15) is 10.4 Å². The highest BCUT2D eigenvalue weighted by atomic mass is 16.7. The lowest BCUT2D eigenvalue weighted by Crippen LogP contribution is -2.68. The molecule has 10 nitrogen and oxygen atoms in total. The smallest absolute Gasteiger partial charge is 0.481 e. The molecule has 8 heterocycles. The second kappa shape index (κ2) is 9.80.